The van der Waals surface area contributed by atoms with Gasteiger partial charge in [0.1, 0.15) is 23.0 Å². The largest absolute Gasteiger partial charge is 0.458 e. The highest BCUT2D eigenvalue weighted by Crippen LogP contribution is 2.42. The number of rotatable bonds is 1. The Morgan fingerprint density at radius 2 is 0.778 bits per heavy atom. The van der Waals surface area contributed by atoms with Crippen molar-refractivity contribution in [2.75, 3.05) is 0 Å². The third-order valence-electron chi connectivity index (χ3n) is 12.7. The maximum Gasteiger partial charge on any atom is 0.261 e. The van der Waals surface area contributed by atoms with Crippen LogP contribution in [0, 0.1) is 0 Å². The fraction of sp³-hybridized carbons (Fsp3) is 0.160. The van der Waals surface area contributed by atoms with E-state index in [4.69, 9.17) is 9.47 Å². The van der Waals surface area contributed by atoms with E-state index in [0.29, 0.717) is 0 Å². The van der Waals surface area contributed by atoms with Crippen molar-refractivity contribution in [2.45, 2.75) is 51.4 Å². The van der Waals surface area contributed by atoms with Gasteiger partial charge >= 0.3 is 0 Å². The summed E-state index contributed by atoms with van der Waals surface area (Å²) in [5.41, 5.74) is 18.2. The van der Waals surface area contributed by atoms with E-state index in [-0.39, 0.29) is 6.71 Å². The molecule has 0 N–H and O–H groups in total. The molecule has 8 bridgehead atoms. The zero-order valence-corrected chi connectivity index (χ0v) is 30.2. The lowest BCUT2D eigenvalue weighted by molar-refractivity contribution is 0.457. The molecule has 0 saturated carbocycles. The number of hydrogen-bond donors (Lipinski definition) is 0. The minimum Gasteiger partial charge on any atom is -0.458 e. The van der Waals surface area contributed by atoms with Gasteiger partial charge in [0.05, 0.1) is 16.7 Å². The van der Waals surface area contributed by atoms with Crippen molar-refractivity contribution in [1.29, 1.82) is 0 Å². The van der Waals surface area contributed by atoms with Crippen molar-refractivity contribution in [1.82, 2.24) is 4.57 Å². The fourth-order valence-corrected chi connectivity index (χ4v) is 9.96. The molecular formula is C50H38BNO2. The topological polar surface area (TPSA) is 23.4 Å². The summed E-state index contributed by atoms with van der Waals surface area (Å²) < 4.78 is 17.1. The van der Waals surface area contributed by atoms with Crippen LogP contribution in [-0.4, -0.2) is 11.3 Å². The number of ether oxygens (including phenoxy) is 2. The highest BCUT2D eigenvalue weighted by molar-refractivity contribution is 6.99. The molecular weight excluding hydrogens is 657 g/mol. The Morgan fingerprint density at radius 1 is 0.389 bits per heavy atom. The lowest BCUT2D eigenvalue weighted by Crippen LogP contribution is -2.60. The van der Waals surface area contributed by atoms with Crippen LogP contribution in [-0.2, 0) is 51.4 Å². The SMILES string of the molecule is c1ccc2c(c1)c1ccccc1n2-c1cc2c3c(c1)Oc1c4ccc(c1B3c1c3ccc(c1O2)CCc1ccc(cc1)CC3)CCc1ccc(cc1)CC4. The molecule has 0 atom stereocenters. The Bertz CT molecular complexity index is 2640. The summed E-state index contributed by atoms with van der Waals surface area (Å²) in [4.78, 5) is 0. The minimum atomic E-state index is 0.0207. The normalized spacial score (nSPS) is 15.1. The predicted molar refractivity (Wildman–Crippen MR) is 221 cm³/mol. The third-order valence-corrected chi connectivity index (χ3v) is 12.7. The number of benzene rings is 7. The second kappa shape index (κ2) is 11.8. The van der Waals surface area contributed by atoms with Crippen LogP contribution in [0.5, 0.6) is 23.0 Å². The molecule has 0 amide bonds. The number of fused-ring (bicyclic) bond motifs is 3. The predicted octanol–water partition coefficient (Wildman–Crippen LogP) is 9.28. The number of aryl methyl sites for hydroxylation is 8. The molecule has 0 spiro atoms. The molecule has 4 heteroatoms. The van der Waals surface area contributed by atoms with Crippen LogP contribution in [0.1, 0.15) is 44.5 Å². The molecule has 7 aromatic carbocycles. The molecule has 8 aromatic rings. The van der Waals surface area contributed by atoms with Gasteiger partial charge in [0.25, 0.3) is 6.71 Å². The molecule has 10 aliphatic rings. The monoisotopic (exact) mass is 695 g/mol. The highest BCUT2D eigenvalue weighted by atomic mass is 16.5. The number of para-hydroxylation sites is 2. The molecule has 3 nitrogen and oxygen atoms in total. The summed E-state index contributed by atoms with van der Waals surface area (Å²) in [6.45, 7) is 0.0207. The summed E-state index contributed by atoms with van der Waals surface area (Å²) in [5.74, 6) is 3.94. The van der Waals surface area contributed by atoms with E-state index in [2.05, 4.69) is 138 Å². The average molecular weight is 696 g/mol. The van der Waals surface area contributed by atoms with Gasteiger partial charge in [0.2, 0.25) is 0 Å². The van der Waals surface area contributed by atoms with E-state index in [1.165, 1.54) is 82.7 Å². The van der Waals surface area contributed by atoms with Gasteiger partial charge in [-0.3, -0.25) is 0 Å². The standard InChI is InChI=1S/C50H38BNO2/c1-3-7-42-40(5-1)41-6-2-4-8-43(41)52(42)39-29-44-48-45(30-39)54-50-38-24-20-34-15-11-32(12-16-34)18-22-36(26-28-38)47(50)51(48)46-35-21-17-31-9-13-33(14-10-31)19-23-37(27-25-35)49(46)53-44/h1-16,25-30H,17-24H2. The maximum absolute atomic E-state index is 7.34. The molecule has 258 valence electrons. The van der Waals surface area contributed by atoms with E-state index >= 15 is 0 Å². The zero-order valence-electron chi connectivity index (χ0n) is 30.2. The van der Waals surface area contributed by atoms with Crippen LogP contribution < -0.4 is 25.9 Å². The summed E-state index contributed by atoms with van der Waals surface area (Å²) in [7, 11) is 0. The molecule has 54 heavy (non-hydrogen) atoms. The van der Waals surface area contributed by atoms with Gasteiger partial charge in [0.15, 0.2) is 0 Å². The molecule has 2 aliphatic heterocycles. The summed E-state index contributed by atoms with van der Waals surface area (Å²) in [6, 6.07) is 50.2. The van der Waals surface area contributed by atoms with E-state index in [1.54, 1.807) is 0 Å². The molecule has 0 saturated heterocycles. The van der Waals surface area contributed by atoms with Crippen molar-refractivity contribution in [2.24, 2.45) is 0 Å². The smallest absolute Gasteiger partial charge is 0.261 e. The first-order valence-electron chi connectivity index (χ1n) is 19.7. The van der Waals surface area contributed by atoms with Crippen LogP contribution in [0.3, 0.4) is 0 Å². The summed E-state index contributed by atoms with van der Waals surface area (Å²) in [5, 5.41) is 2.49. The van der Waals surface area contributed by atoms with Crippen LogP contribution in [0.25, 0.3) is 27.5 Å². The van der Waals surface area contributed by atoms with Gasteiger partial charge in [0, 0.05) is 28.4 Å². The van der Waals surface area contributed by atoms with Gasteiger partial charge in [-0.15, -0.1) is 0 Å². The minimum absolute atomic E-state index is 0.0207. The van der Waals surface area contributed by atoms with Gasteiger partial charge < -0.3 is 14.0 Å². The molecule has 0 radical (unpaired) electrons. The van der Waals surface area contributed by atoms with Crippen LogP contribution in [0.4, 0.5) is 0 Å². The Kier molecular flexibility index (Phi) is 6.63. The number of aromatic nitrogens is 1. The number of hydrogen-bond acceptors (Lipinski definition) is 2. The van der Waals surface area contributed by atoms with Crippen molar-refractivity contribution in [3.05, 3.63) is 178 Å². The van der Waals surface area contributed by atoms with Crippen LogP contribution in [0.15, 0.2) is 133 Å². The second-order valence-electron chi connectivity index (χ2n) is 15.7. The molecule has 3 heterocycles. The van der Waals surface area contributed by atoms with Crippen molar-refractivity contribution < 1.29 is 9.47 Å². The van der Waals surface area contributed by atoms with E-state index in [0.717, 1.165) is 80.1 Å². The highest BCUT2D eigenvalue weighted by Gasteiger charge is 2.44. The molecule has 1 aromatic heterocycles. The Hall–Kier alpha value is -6.00. The quantitative estimate of drug-likeness (QED) is 0.160. The summed E-state index contributed by atoms with van der Waals surface area (Å²) >= 11 is 0. The first-order chi connectivity index (χ1) is 26.7. The first-order valence-corrected chi connectivity index (χ1v) is 19.7. The van der Waals surface area contributed by atoms with Crippen molar-refractivity contribution in [3.8, 4) is 28.7 Å². The van der Waals surface area contributed by atoms with Gasteiger partial charge in [-0.05, 0) is 119 Å². The third kappa shape index (κ3) is 4.62. The maximum atomic E-state index is 7.34. The fourth-order valence-electron chi connectivity index (χ4n) is 9.96. The average Bonchev–Trinajstić information content (AvgIpc) is 3.54. The van der Waals surface area contributed by atoms with Crippen LogP contribution >= 0.6 is 0 Å². The van der Waals surface area contributed by atoms with Gasteiger partial charge in [-0.1, -0.05) is 109 Å². The molecule has 0 fully saturated rings. The molecule has 18 rings (SSSR count). The molecule has 0 unspecified atom stereocenters. The van der Waals surface area contributed by atoms with Crippen LogP contribution in [0.2, 0.25) is 0 Å². The lowest BCUT2D eigenvalue weighted by atomic mass is 9.33. The first kappa shape index (κ1) is 30.5. The Morgan fingerprint density at radius 3 is 1.22 bits per heavy atom. The Balaban J connectivity index is 1.13. The van der Waals surface area contributed by atoms with Gasteiger partial charge in [-0.2, -0.15) is 0 Å². The lowest BCUT2D eigenvalue weighted by Gasteiger charge is -2.37. The van der Waals surface area contributed by atoms with E-state index < -0.39 is 0 Å². The summed E-state index contributed by atoms with van der Waals surface area (Å²) in [6.07, 6.45) is 7.73. The van der Waals surface area contributed by atoms with Crippen molar-refractivity contribution >= 4 is 44.9 Å². The van der Waals surface area contributed by atoms with Crippen molar-refractivity contribution in [3.63, 3.8) is 0 Å². The Labute approximate surface area is 315 Å². The second-order valence-corrected chi connectivity index (χ2v) is 15.7. The number of nitrogens with zero attached hydrogens (tertiary/aromatic N) is 1. The van der Waals surface area contributed by atoms with E-state index in [9.17, 15) is 0 Å². The zero-order chi connectivity index (χ0) is 35.3. The molecule has 8 aliphatic carbocycles. The van der Waals surface area contributed by atoms with Gasteiger partial charge in [-0.25, -0.2) is 0 Å². The van der Waals surface area contributed by atoms with E-state index in [1.807, 2.05) is 0 Å².